The van der Waals surface area contributed by atoms with E-state index in [1.54, 1.807) is 0 Å². The quantitative estimate of drug-likeness (QED) is 0.577. The van der Waals surface area contributed by atoms with E-state index in [0.29, 0.717) is 0 Å². The van der Waals surface area contributed by atoms with Crippen molar-refractivity contribution < 1.29 is 19.8 Å². The molecular formula is C9H11NO4. The molecule has 0 saturated heterocycles. The van der Waals surface area contributed by atoms with Gasteiger partial charge in [0.25, 0.3) is 0 Å². The minimum absolute atomic E-state index is 0.0414. The zero-order chi connectivity index (χ0) is 10.9. The number of aliphatic carboxylic acids is 2. The largest absolute Gasteiger partial charge is 0.481 e. The number of carboxylic acids is 2. The van der Waals surface area contributed by atoms with Crippen LogP contribution < -0.4 is 5.73 Å². The smallest absolute Gasteiger partial charge is 0.335 e. The Morgan fingerprint density at radius 1 is 1.50 bits per heavy atom. The molecule has 5 heteroatoms. The lowest BCUT2D eigenvalue weighted by Gasteiger charge is -2.28. The first-order valence-corrected chi connectivity index (χ1v) is 4.00. The van der Waals surface area contributed by atoms with E-state index in [4.69, 9.17) is 15.9 Å². The van der Waals surface area contributed by atoms with Crippen LogP contribution in [0.25, 0.3) is 0 Å². The van der Waals surface area contributed by atoms with Crippen molar-refractivity contribution in [2.45, 2.75) is 12.5 Å². The summed E-state index contributed by atoms with van der Waals surface area (Å²) in [6, 6.07) is 0. The molecule has 1 aliphatic rings. The number of hydrogen-bond acceptors (Lipinski definition) is 3. The molecule has 76 valence electrons. The third-order valence-electron chi connectivity index (χ3n) is 2.15. The molecule has 0 aromatic heterocycles. The van der Waals surface area contributed by atoms with Gasteiger partial charge in [0.2, 0.25) is 0 Å². The van der Waals surface area contributed by atoms with Crippen molar-refractivity contribution in [3.05, 3.63) is 23.8 Å². The van der Waals surface area contributed by atoms with Gasteiger partial charge < -0.3 is 15.9 Å². The van der Waals surface area contributed by atoms with Crippen molar-refractivity contribution in [2.75, 3.05) is 0 Å². The Morgan fingerprint density at radius 2 is 2.07 bits per heavy atom. The molecule has 0 fully saturated rings. The third kappa shape index (κ3) is 1.82. The Morgan fingerprint density at radius 3 is 2.50 bits per heavy atom. The first kappa shape index (κ1) is 10.5. The second-order valence-electron chi connectivity index (χ2n) is 3.44. The zero-order valence-corrected chi connectivity index (χ0v) is 7.60. The van der Waals surface area contributed by atoms with Gasteiger partial charge in [-0.05, 0) is 6.92 Å². The summed E-state index contributed by atoms with van der Waals surface area (Å²) in [6.45, 7) is 1.54. The van der Waals surface area contributed by atoms with Crippen LogP contribution in [0.15, 0.2) is 23.8 Å². The summed E-state index contributed by atoms with van der Waals surface area (Å²) in [6.07, 6.45) is 3.88. The SMILES string of the molecule is CC1(N)C=CC(C(=O)O)=CC1C(=O)O. The number of hydrogen-bond donors (Lipinski definition) is 3. The Bertz CT molecular complexity index is 341. The lowest BCUT2D eigenvalue weighted by atomic mass is 9.81. The van der Waals surface area contributed by atoms with Crippen molar-refractivity contribution in [1.29, 1.82) is 0 Å². The van der Waals surface area contributed by atoms with Crippen molar-refractivity contribution in [2.24, 2.45) is 11.7 Å². The van der Waals surface area contributed by atoms with E-state index in [0.717, 1.165) is 6.08 Å². The molecule has 1 rings (SSSR count). The molecule has 0 radical (unpaired) electrons. The lowest BCUT2D eigenvalue weighted by Crippen LogP contribution is -2.46. The average Bonchev–Trinajstić information content (AvgIpc) is 2.02. The van der Waals surface area contributed by atoms with Crippen molar-refractivity contribution >= 4 is 11.9 Å². The van der Waals surface area contributed by atoms with Crippen LogP contribution in [0.2, 0.25) is 0 Å². The van der Waals surface area contributed by atoms with E-state index in [1.807, 2.05) is 0 Å². The van der Waals surface area contributed by atoms with Crippen LogP contribution in [0, 0.1) is 5.92 Å². The van der Waals surface area contributed by atoms with Crippen molar-refractivity contribution in [1.82, 2.24) is 0 Å². The van der Waals surface area contributed by atoms with Crippen LogP contribution in [0.1, 0.15) is 6.92 Å². The Labute approximate surface area is 80.5 Å². The highest BCUT2D eigenvalue weighted by Gasteiger charge is 2.35. The highest BCUT2D eigenvalue weighted by Crippen LogP contribution is 2.25. The van der Waals surface area contributed by atoms with Crippen LogP contribution in [0.4, 0.5) is 0 Å². The summed E-state index contributed by atoms with van der Waals surface area (Å²) in [5.74, 6) is -3.28. The van der Waals surface area contributed by atoms with E-state index in [-0.39, 0.29) is 5.57 Å². The molecule has 0 heterocycles. The Balaban J connectivity index is 3.07. The fourth-order valence-corrected chi connectivity index (χ4v) is 1.27. The molecule has 0 aromatic carbocycles. The predicted molar refractivity (Wildman–Crippen MR) is 48.6 cm³/mol. The van der Waals surface area contributed by atoms with Crippen LogP contribution in [-0.2, 0) is 9.59 Å². The van der Waals surface area contributed by atoms with Gasteiger partial charge in [0, 0.05) is 5.54 Å². The van der Waals surface area contributed by atoms with Crippen molar-refractivity contribution in [3.8, 4) is 0 Å². The molecule has 4 N–H and O–H groups in total. The van der Waals surface area contributed by atoms with Crippen LogP contribution in [0.3, 0.4) is 0 Å². The monoisotopic (exact) mass is 197 g/mol. The second kappa shape index (κ2) is 3.26. The third-order valence-corrected chi connectivity index (χ3v) is 2.15. The Kier molecular flexibility index (Phi) is 2.44. The summed E-state index contributed by atoms with van der Waals surface area (Å²) in [5.41, 5.74) is 4.60. The fraction of sp³-hybridized carbons (Fsp3) is 0.333. The highest BCUT2D eigenvalue weighted by atomic mass is 16.4. The van der Waals surface area contributed by atoms with Gasteiger partial charge in [-0.15, -0.1) is 0 Å². The molecule has 14 heavy (non-hydrogen) atoms. The van der Waals surface area contributed by atoms with Crippen LogP contribution >= 0.6 is 0 Å². The molecule has 0 saturated carbocycles. The van der Waals surface area contributed by atoms with Gasteiger partial charge in [-0.2, -0.15) is 0 Å². The van der Waals surface area contributed by atoms with Gasteiger partial charge in [0.05, 0.1) is 11.5 Å². The molecule has 0 spiro atoms. The molecule has 0 aliphatic heterocycles. The summed E-state index contributed by atoms with van der Waals surface area (Å²) in [7, 11) is 0. The molecular weight excluding hydrogens is 186 g/mol. The van der Waals surface area contributed by atoms with Gasteiger partial charge in [-0.3, -0.25) is 4.79 Å². The minimum Gasteiger partial charge on any atom is -0.481 e. The maximum absolute atomic E-state index is 10.8. The minimum atomic E-state index is -1.15. The number of rotatable bonds is 2. The van der Waals surface area contributed by atoms with Crippen LogP contribution in [0.5, 0.6) is 0 Å². The summed E-state index contributed by atoms with van der Waals surface area (Å²) >= 11 is 0. The molecule has 2 unspecified atom stereocenters. The van der Waals surface area contributed by atoms with Gasteiger partial charge >= 0.3 is 11.9 Å². The molecule has 2 atom stereocenters. The predicted octanol–water partition coefficient (Wildman–Crippen LogP) is -0.0146. The standard InChI is InChI=1S/C9H11NO4/c1-9(10)3-2-5(7(11)12)4-6(9)8(13)14/h2-4,6H,10H2,1H3,(H,11,12)(H,13,14). The summed E-state index contributed by atoms with van der Waals surface area (Å²) < 4.78 is 0. The van der Waals surface area contributed by atoms with Crippen LogP contribution in [-0.4, -0.2) is 27.7 Å². The second-order valence-corrected chi connectivity index (χ2v) is 3.44. The molecule has 0 amide bonds. The van der Waals surface area contributed by atoms with E-state index >= 15 is 0 Å². The van der Waals surface area contributed by atoms with E-state index in [9.17, 15) is 9.59 Å². The van der Waals surface area contributed by atoms with Gasteiger partial charge in [0.1, 0.15) is 0 Å². The highest BCUT2D eigenvalue weighted by molar-refractivity contribution is 5.92. The van der Waals surface area contributed by atoms with Crippen molar-refractivity contribution in [3.63, 3.8) is 0 Å². The Hall–Kier alpha value is -1.62. The molecule has 0 aromatic rings. The number of carbonyl (C=O) groups is 2. The number of nitrogens with two attached hydrogens (primary N) is 1. The lowest BCUT2D eigenvalue weighted by molar-refractivity contribution is -0.141. The summed E-state index contributed by atoms with van der Waals surface area (Å²) in [4.78, 5) is 21.4. The topological polar surface area (TPSA) is 101 Å². The first-order chi connectivity index (χ1) is 6.34. The normalized spacial score (nSPS) is 31.0. The maximum atomic E-state index is 10.8. The fourth-order valence-electron chi connectivity index (χ4n) is 1.27. The zero-order valence-electron chi connectivity index (χ0n) is 7.60. The average molecular weight is 197 g/mol. The molecule has 0 bridgehead atoms. The number of carboxylic acid groups (broad SMARTS) is 2. The van der Waals surface area contributed by atoms with Gasteiger partial charge in [0.15, 0.2) is 0 Å². The summed E-state index contributed by atoms with van der Waals surface area (Å²) in [5, 5.41) is 17.5. The van der Waals surface area contributed by atoms with Gasteiger partial charge in [-0.1, -0.05) is 18.2 Å². The molecule has 1 aliphatic carbocycles. The van der Waals surface area contributed by atoms with E-state index in [2.05, 4.69) is 0 Å². The van der Waals surface area contributed by atoms with E-state index in [1.165, 1.54) is 19.1 Å². The van der Waals surface area contributed by atoms with E-state index < -0.39 is 23.4 Å². The van der Waals surface area contributed by atoms with Gasteiger partial charge in [-0.25, -0.2) is 4.79 Å². The first-order valence-electron chi connectivity index (χ1n) is 4.00. The molecule has 5 nitrogen and oxygen atoms in total. The maximum Gasteiger partial charge on any atom is 0.335 e.